The van der Waals surface area contributed by atoms with E-state index in [9.17, 15) is 0 Å². The van der Waals surface area contributed by atoms with Gasteiger partial charge in [0.2, 0.25) is 0 Å². The molecule has 0 saturated carbocycles. The molecule has 0 aromatic carbocycles. The number of hydrogen-bond acceptors (Lipinski definition) is 6. The Morgan fingerprint density at radius 1 is 0.786 bits per heavy atom. The smallest absolute Gasteiger partial charge is 0.100 e. The van der Waals surface area contributed by atoms with Gasteiger partial charge in [-0.3, -0.25) is 0 Å². The summed E-state index contributed by atoms with van der Waals surface area (Å²) in [4.78, 5) is 0. The lowest BCUT2D eigenvalue weighted by molar-refractivity contribution is -0.0354. The second kappa shape index (κ2) is 9.32. The van der Waals surface area contributed by atoms with E-state index in [1.165, 1.54) is 0 Å². The fourth-order valence-corrected chi connectivity index (χ4v) is 0.662. The van der Waals surface area contributed by atoms with Gasteiger partial charge in [-0.1, -0.05) is 0 Å². The third-order valence-corrected chi connectivity index (χ3v) is 1.41. The Kier molecular flexibility index (Phi) is 9.16. The predicted molar refractivity (Wildman–Crippen MR) is 47.8 cm³/mol. The first-order valence-electron chi connectivity index (χ1n) is 4.44. The zero-order chi connectivity index (χ0) is 10.8. The molecule has 0 aliphatic heterocycles. The SMILES string of the molecule is OCC(O)COCCOCC(O)CO. The third kappa shape index (κ3) is 8.36. The van der Waals surface area contributed by atoms with Crippen molar-refractivity contribution in [2.75, 3.05) is 39.6 Å². The van der Waals surface area contributed by atoms with Crippen molar-refractivity contribution < 1.29 is 29.9 Å². The number of aliphatic hydroxyl groups is 4. The average molecular weight is 210 g/mol. The van der Waals surface area contributed by atoms with Crippen molar-refractivity contribution in [2.45, 2.75) is 12.2 Å². The van der Waals surface area contributed by atoms with Crippen LogP contribution in [0.5, 0.6) is 0 Å². The Balaban J connectivity index is 3.06. The van der Waals surface area contributed by atoms with E-state index < -0.39 is 12.2 Å². The summed E-state index contributed by atoms with van der Waals surface area (Å²) in [5.74, 6) is 0. The van der Waals surface area contributed by atoms with Crippen molar-refractivity contribution in [1.29, 1.82) is 0 Å². The maximum Gasteiger partial charge on any atom is 0.100 e. The van der Waals surface area contributed by atoms with E-state index in [1.54, 1.807) is 0 Å². The van der Waals surface area contributed by atoms with Crippen LogP contribution in [0.1, 0.15) is 0 Å². The molecule has 0 rings (SSSR count). The van der Waals surface area contributed by atoms with Gasteiger partial charge in [-0.25, -0.2) is 0 Å². The number of hydrogen-bond donors (Lipinski definition) is 4. The van der Waals surface area contributed by atoms with E-state index in [-0.39, 0.29) is 39.6 Å². The molecule has 14 heavy (non-hydrogen) atoms. The molecule has 0 heterocycles. The van der Waals surface area contributed by atoms with E-state index >= 15 is 0 Å². The molecule has 0 radical (unpaired) electrons. The first kappa shape index (κ1) is 13.8. The minimum atomic E-state index is -0.863. The summed E-state index contributed by atoms with van der Waals surface area (Å²) >= 11 is 0. The summed E-state index contributed by atoms with van der Waals surface area (Å²) in [6, 6.07) is 0. The Labute approximate surface area is 82.7 Å². The van der Waals surface area contributed by atoms with Gasteiger partial charge in [-0.05, 0) is 0 Å². The van der Waals surface area contributed by atoms with Crippen LogP contribution in [0.15, 0.2) is 0 Å². The highest BCUT2D eigenvalue weighted by Gasteiger charge is 2.02. The summed E-state index contributed by atoms with van der Waals surface area (Å²) in [6.07, 6.45) is -1.73. The molecule has 0 amide bonds. The van der Waals surface area contributed by atoms with Crippen molar-refractivity contribution >= 4 is 0 Å². The number of ether oxygens (including phenoxy) is 2. The molecule has 0 aliphatic rings. The minimum absolute atomic E-state index is 0.0579. The molecule has 6 heteroatoms. The van der Waals surface area contributed by atoms with Crippen LogP contribution in [-0.2, 0) is 9.47 Å². The monoisotopic (exact) mass is 210 g/mol. The maximum atomic E-state index is 8.85. The zero-order valence-corrected chi connectivity index (χ0v) is 8.00. The predicted octanol–water partition coefficient (Wildman–Crippen LogP) is -2.27. The average Bonchev–Trinajstić information content (AvgIpc) is 2.22. The molecular formula is C8H18O6. The molecule has 0 aliphatic carbocycles. The Bertz CT molecular complexity index is 106. The molecule has 86 valence electrons. The molecule has 2 atom stereocenters. The van der Waals surface area contributed by atoms with Crippen LogP contribution in [-0.4, -0.2) is 72.3 Å². The fraction of sp³-hybridized carbons (Fsp3) is 1.00. The Hall–Kier alpha value is -0.240. The van der Waals surface area contributed by atoms with Crippen LogP contribution in [0.3, 0.4) is 0 Å². The van der Waals surface area contributed by atoms with Gasteiger partial charge in [0.05, 0.1) is 39.6 Å². The summed E-state index contributed by atoms with van der Waals surface area (Å²) in [5.41, 5.74) is 0. The van der Waals surface area contributed by atoms with E-state index in [4.69, 9.17) is 29.9 Å². The fourth-order valence-electron chi connectivity index (χ4n) is 0.662. The molecule has 0 bridgehead atoms. The highest BCUT2D eigenvalue weighted by molar-refractivity contribution is 4.50. The van der Waals surface area contributed by atoms with Crippen LogP contribution in [0.2, 0.25) is 0 Å². The van der Waals surface area contributed by atoms with Crippen molar-refractivity contribution in [2.24, 2.45) is 0 Å². The standard InChI is InChI=1S/C8H18O6/c9-3-7(11)5-13-1-2-14-6-8(12)4-10/h7-12H,1-6H2. The molecular weight excluding hydrogens is 192 g/mol. The summed E-state index contributed by atoms with van der Waals surface area (Å²) < 4.78 is 9.85. The number of rotatable bonds is 9. The maximum absolute atomic E-state index is 8.85. The second-order valence-corrected chi connectivity index (χ2v) is 2.82. The van der Waals surface area contributed by atoms with Crippen LogP contribution in [0, 0.1) is 0 Å². The van der Waals surface area contributed by atoms with Gasteiger partial charge in [-0.2, -0.15) is 0 Å². The van der Waals surface area contributed by atoms with Gasteiger partial charge in [0.25, 0.3) is 0 Å². The quantitative estimate of drug-likeness (QED) is 0.320. The number of aliphatic hydroxyl groups excluding tert-OH is 4. The van der Waals surface area contributed by atoms with Gasteiger partial charge < -0.3 is 29.9 Å². The first-order chi connectivity index (χ1) is 6.70. The molecule has 0 fully saturated rings. The second-order valence-electron chi connectivity index (χ2n) is 2.82. The van der Waals surface area contributed by atoms with Crippen molar-refractivity contribution in [3.63, 3.8) is 0 Å². The van der Waals surface area contributed by atoms with Crippen molar-refractivity contribution in [1.82, 2.24) is 0 Å². The molecule has 0 aromatic rings. The summed E-state index contributed by atoms with van der Waals surface area (Å²) in [6.45, 7) is 0.00338. The third-order valence-electron chi connectivity index (χ3n) is 1.41. The summed E-state index contributed by atoms with van der Waals surface area (Å²) in [5, 5.41) is 34.5. The van der Waals surface area contributed by atoms with E-state index in [1.807, 2.05) is 0 Å². The first-order valence-corrected chi connectivity index (χ1v) is 4.44. The normalized spacial score (nSPS) is 15.4. The van der Waals surface area contributed by atoms with E-state index in [0.29, 0.717) is 0 Å². The topological polar surface area (TPSA) is 99.4 Å². The Morgan fingerprint density at radius 2 is 1.14 bits per heavy atom. The van der Waals surface area contributed by atoms with E-state index in [0.717, 1.165) is 0 Å². The van der Waals surface area contributed by atoms with Gasteiger partial charge in [0, 0.05) is 0 Å². The van der Waals surface area contributed by atoms with Crippen LogP contribution < -0.4 is 0 Å². The van der Waals surface area contributed by atoms with Crippen molar-refractivity contribution in [3.05, 3.63) is 0 Å². The molecule has 0 spiro atoms. The summed E-state index contributed by atoms with van der Waals surface area (Å²) in [7, 11) is 0. The van der Waals surface area contributed by atoms with Crippen LogP contribution >= 0.6 is 0 Å². The van der Waals surface area contributed by atoms with Crippen molar-refractivity contribution in [3.8, 4) is 0 Å². The molecule has 0 saturated heterocycles. The lowest BCUT2D eigenvalue weighted by atomic mass is 10.4. The Morgan fingerprint density at radius 3 is 1.43 bits per heavy atom. The van der Waals surface area contributed by atoms with Gasteiger partial charge in [-0.15, -0.1) is 0 Å². The van der Waals surface area contributed by atoms with Crippen LogP contribution in [0.4, 0.5) is 0 Å². The highest BCUT2D eigenvalue weighted by atomic mass is 16.5. The largest absolute Gasteiger partial charge is 0.394 e. The molecule has 6 nitrogen and oxygen atoms in total. The van der Waals surface area contributed by atoms with Gasteiger partial charge in [0.1, 0.15) is 12.2 Å². The molecule has 0 aromatic heterocycles. The van der Waals surface area contributed by atoms with E-state index in [2.05, 4.69) is 0 Å². The molecule has 2 unspecified atom stereocenters. The van der Waals surface area contributed by atoms with Crippen LogP contribution in [0.25, 0.3) is 0 Å². The lowest BCUT2D eigenvalue weighted by Gasteiger charge is -2.10. The minimum Gasteiger partial charge on any atom is -0.394 e. The highest BCUT2D eigenvalue weighted by Crippen LogP contribution is 1.86. The van der Waals surface area contributed by atoms with Gasteiger partial charge >= 0.3 is 0 Å². The zero-order valence-electron chi connectivity index (χ0n) is 8.00. The van der Waals surface area contributed by atoms with Gasteiger partial charge in [0.15, 0.2) is 0 Å². The molecule has 4 N–H and O–H groups in total. The lowest BCUT2D eigenvalue weighted by Crippen LogP contribution is -2.23.